The van der Waals surface area contributed by atoms with E-state index in [1.54, 1.807) is 11.8 Å². The van der Waals surface area contributed by atoms with Crippen molar-refractivity contribution in [1.82, 2.24) is 4.90 Å². The molecule has 2 aliphatic rings. The van der Waals surface area contributed by atoms with Crippen molar-refractivity contribution in [3.8, 4) is 0 Å². The lowest BCUT2D eigenvalue weighted by molar-refractivity contribution is -0.141. The van der Waals surface area contributed by atoms with Gasteiger partial charge in [-0.25, -0.2) is 0 Å². The van der Waals surface area contributed by atoms with Crippen LogP contribution in [-0.4, -0.2) is 41.0 Å². The number of ketones is 1. The van der Waals surface area contributed by atoms with Gasteiger partial charge in [-0.2, -0.15) is 0 Å². The van der Waals surface area contributed by atoms with Gasteiger partial charge in [-0.3, -0.25) is 14.4 Å². The summed E-state index contributed by atoms with van der Waals surface area (Å²) >= 11 is 2.94. The Morgan fingerprint density at radius 2 is 2.04 bits per heavy atom. The van der Waals surface area contributed by atoms with Gasteiger partial charge in [-0.05, 0) is 36.1 Å². The number of benzene rings is 1. The van der Waals surface area contributed by atoms with Crippen LogP contribution >= 0.6 is 23.1 Å². The van der Waals surface area contributed by atoms with Crippen molar-refractivity contribution in [1.29, 1.82) is 0 Å². The van der Waals surface area contributed by atoms with Crippen LogP contribution in [0.15, 0.2) is 35.2 Å². The van der Waals surface area contributed by atoms with E-state index in [0.717, 1.165) is 27.3 Å². The lowest BCUT2D eigenvalue weighted by Crippen LogP contribution is -2.33. The predicted octanol–water partition coefficient (Wildman–Crippen LogP) is 3.10. The molecule has 1 aromatic heterocycles. The van der Waals surface area contributed by atoms with Crippen LogP contribution in [0.4, 0.5) is 0 Å². The third-order valence-corrected chi connectivity index (χ3v) is 7.42. The number of hydrogen-bond donors (Lipinski definition) is 0. The minimum atomic E-state index is -0.339. The predicted molar refractivity (Wildman–Crippen MR) is 104 cm³/mol. The highest BCUT2D eigenvalue weighted by atomic mass is 32.2. The molecule has 1 aromatic carbocycles. The van der Waals surface area contributed by atoms with Crippen LogP contribution in [0.3, 0.4) is 0 Å². The summed E-state index contributed by atoms with van der Waals surface area (Å²) in [4.78, 5) is 40.9. The molecule has 0 saturated heterocycles. The maximum Gasteiger partial charge on any atom is 0.320 e. The van der Waals surface area contributed by atoms with E-state index in [4.69, 9.17) is 4.74 Å². The molecule has 0 radical (unpaired) electrons. The van der Waals surface area contributed by atoms with E-state index in [2.05, 4.69) is 0 Å². The van der Waals surface area contributed by atoms with Crippen molar-refractivity contribution < 1.29 is 19.1 Å². The first-order valence-corrected chi connectivity index (χ1v) is 10.5. The van der Waals surface area contributed by atoms with Crippen molar-refractivity contribution in [3.63, 3.8) is 0 Å². The summed E-state index contributed by atoms with van der Waals surface area (Å²) in [7, 11) is 0. The number of Topliss-reactive ketones (excluding diaryl/α,β-unsaturated/α-hetero) is 1. The number of carbonyl (C=O) groups excluding carboxylic acids is 3. The number of amides is 1. The second-order valence-electron chi connectivity index (χ2n) is 6.70. The van der Waals surface area contributed by atoms with Crippen LogP contribution in [0, 0.1) is 0 Å². The molecule has 0 fully saturated rings. The molecule has 1 unspecified atom stereocenters. The summed E-state index contributed by atoms with van der Waals surface area (Å²) < 4.78 is 5.30. The largest absolute Gasteiger partial charge is 0.456 e. The van der Waals surface area contributed by atoms with E-state index in [9.17, 15) is 14.4 Å². The molecule has 140 valence electrons. The van der Waals surface area contributed by atoms with Gasteiger partial charge in [-0.15, -0.1) is 23.1 Å². The smallest absolute Gasteiger partial charge is 0.320 e. The first-order chi connectivity index (χ1) is 13.0. The van der Waals surface area contributed by atoms with E-state index in [1.165, 1.54) is 23.1 Å². The molecule has 3 heterocycles. The average molecular weight is 402 g/mol. The van der Waals surface area contributed by atoms with Gasteiger partial charge in [-0.1, -0.05) is 18.2 Å². The summed E-state index contributed by atoms with van der Waals surface area (Å²) in [5, 5.41) is -0.282. The van der Waals surface area contributed by atoms with Crippen molar-refractivity contribution in [2.45, 2.75) is 36.5 Å². The number of thioether (sulfide) groups is 1. The van der Waals surface area contributed by atoms with Gasteiger partial charge in [0.1, 0.15) is 5.25 Å². The number of thiophene rings is 1. The first-order valence-electron chi connectivity index (χ1n) is 8.83. The highest BCUT2D eigenvalue weighted by Gasteiger charge is 2.30. The maximum atomic E-state index is 12.5. The van der Waals surface area contributed by atoms with Crippen molar-refractivity contribution in [2.24, 2.45) is 0 Å². The number of carbonyl (C=O) groups is 3. The van der Waals surface area contributed by atoms with Gasteiger partial charge in [0, 0.05) is 29.8 Å². The second-order valence-corrected chi connectivity index (χ2v) is 9.08. The van der Waals surface area contributed by atoms with Crippen LogP contribution in [0.25, 0.3) is 0 Å². The Balaban J connectivity index is 1.34. The standard InChI is InChI=1S/C20H19NO4S2/c1-12(22)21-7-6-17-14(10-21)9-18(26-17)15(23)11-25-20(24)19-8-13-4-2-3-5-16(13)27-19/h2-5,9,19H,6-8,10-11H2,1H3. The van der Waals surface area contributed by atoms with Crippen LogP contribution < -0.4 is 0 Å². The summed E-state index contributed by atoms with van der Waals surface area (Å²) in [6.07, 6.45) is 1.41. The van der Waals surface area contributed by atoms with Crippen LogP contribution in [0.2, 0.25) is 0 Å². The Hall–Kier alpha value is -2.12. The summed E-state index contributed by atoms with van der Waals surface area (Å²) in [6.45, 7) is 2.56. The molecule has 7 heteroatoms. The molecular formula is C20H19NO4S2. The zero-order valence-electron chi connectivity index (χ0n) is 14.9. The van der Waals surface area contributed by atoms with E-state index < -0.39 is 0 Å². The maximum absolute atomic E-state index is 12.5. The lowest BCUT2D eigenvalue weighted by atomic mass is 10.1. The Bertz CT molecular complexity index is 895. The molecule has 1 amide bonds. The number of fused-ring (bicyclic) bond motifs is 2. The molecule has 0 spiro atoms. The number of rotatable bonds is 4. The number of hydrogen-bond acceptors (Lipinski definition) is 6. The Morgan fingerprint density at radius 3 is 2.81 bits per heavy atom. The van der Waals surface area contributed by atoms with Gasteiger partial charge >= 0.3 is 5.97 Å². The lowest BCUT2D eigenvalue weighted by Gasteiger charge is -2.25. The summed E-state index contributed by atoms with van der Waals surface area (Å²) in [5.41, 5.74) is 2.18. The van der Waals surface area contributed by atoms with E-state index in [1.807, 2.05) is 30.3 Å². The van der Waals surface area contributed by atoms with Crippen LogP contribution in [0.1, 0.15) is 32.6 Å². The minimum Gasteiger partial charge on any atom is -0.456 e. The van der Waals surface area contributed by atoms with Gasteiger partial charge in [0.15, 0.2) is 6.61 Å². The first kappa shape index (κ1) is 18.3. The summed E-state index contributed by atoms with van der Waals surface area (Å²) in [6, 6.07) is 9.77. The van der Waals surface area contributed by atoms with Crippen molar-refractivity contribution in [2.75, 3.05) is 13.2 Å². The topological polar surface area (TPSA) is 63.7 Å². The Morgan fingerprint density at radius 1 is 1.22 bits per heavy atom. The molecule has 0 aliphatic carbocycles. The van der Waals surface area contributed by atoms with E-state index in [-0.39, 0.29) is 29.5 Å². The van der Waals surface area contributed by atoms with Crippen molar-refractivity contribution >= 4 is 40.8 Å². The van der Waals surface area contributed by atoms with Gasteiger partial charge in [0.2, 0.25) is 11.7 Å². The molecular weight excluding hydrogens is 382 g/mol. The number of ether oxygens (including phenoxy) is 1. The zero-order chi connectivity index (χ0) is 19.0. The minimum absolute atomic E-state index is 0.0451. The molecule has 5 nitrogen and oxygen atoms in total. The highest BCUT2D eigenvalue weighted by Crippen LogP contribution is 2.37. The molecule has 2 aromatic rings. The van der Waals surface area contributed by atoms with Gasteiger partial charge in [0.05, 0.1) is 4.88 Å². The quantitative estimate of drug-likeness (QED) is 0.582. The Kier molecular flexibility index (Phi) is 5.06. The second kappa shape index (κ2) is 7.48. The molecule has 4 rings (SSSR count). The molecule has 1 atom stereocenters. The highest BCUT2D eigenvalue weighted by molar-refractivity contribution is 8.01. The fourth-order valence-corrected chi connectivity index (χ4v) is 5.63. The summed E-state index contributed by atoms with van der Waals surface area (Å²) in [5.74, 6) is -0.477. The molecule has 0 saturated carbocycles. The average Bonchev–Trinajstić information content (AvgIpc) is 3.28. The third kappa shape index (κ3) is 3.80. The van der Waals surface area contributed by atoms with Crippen molar-refractivity contribution in [3.05, 3.63) is 51.2 Å². The Labute approximate surface area is 165 Å². The molecule has 27 heavy (non-hydrogen) atoms. The van der Waals surface area contributed by atoms with E-state index in [0.29, 0.717) is 24.4 Å². The molecule has 2 aliphatic heterocycles. The van der Waals surface area contributed by atoms with E-state index >= 15 is 0 Å². The molecule has 0 bridgehead atoms. The normalized spacial score (nSPS) is 18.0. The zero-order valence-corrected chi connectivity index (χ0v) is 16.5. The monoisotopic (exact) mass is 401 g/mol. The third-order valence-electron chi connectivity index (χ3n) is 4.84. The van der Waals surface area contributed by atoms with Gasteiger partial charge < -0.3 is 9.64 Å². The fraction of sp³-hybridized carbons (Fsp3) is 0.350. The van der Waals surface area contributed by atoms with Gasteiger partial charge in [0.25, 0.3) is 0 Å². The number of nitrogens with zero attached hydrogens (tertiary/aromatic N) is 1. The fourth-order valence-electron chi connectivity index (χ4n) is 3.35. The SMILES string of the molecule is CC(=O)N1CCc2sc(C(=O)COC(=O)C3Cc4ccccc4S3)cc2C1. The molecule has 0 N–H and O–H groups in total. The number of esters is 1. The van der Waals surface area contributed by atoms with Crippen LogP contribution in [-0.2, 0) is 33.7 Å². The van der Waals surface area contributed by atoms with Crippen LogP contribution in [0.5, 0.6) is 0 Å².